The van der Waals surface area contributed by atoms with Crippen molar-refractivity contribution < 1.29 is 8.81 Å². The second-order valence-corrected chi connectivity index (χ2v) is 4.36. The van der Waals surface area contributed by atoms with Gasteiger partial charge in [0.2, 0.25) is 0 Å². The van der Waals surface area contributed by atoms with Crippen LogP contribution < -0.4 is 5.32 Å². The molecule has 2 aromatic rings. The maximum Gasteiger partial charge on any atom is 0.128 e. The van der Waals surface area contributed by atoms with Crippen molar-refractivity contribution in [3.63, 3.8) is 0 Å². The van der Waals surface area contributed by atoms with Crippen molar-refractivity contribution in [2.75, 3.05) is 6.54 Å². The highest BCUT2D eigenvalue weighted by Crippen LogP contribution is 2.25. The molecule has 0 bridgehead atoms. The highest BCUT2D eigenvalue weighted by molar-refractivity contribution is 5.28. The second-order valence-electron chi connectivity index (χ2n) is 4.36. The van der Waals surface area contributed by atoms with E-state index >= 15 is 0 Å². The topological polar surface area (TPSA) is 25.2 Å². The number of nitrogens with one attached hydrogen (secondary N) is 1. The fourth-order valence-electron chi connectivity index (χ4n) is 1.97. The Balaban J connectivity index is 2.33. The first kappa shape index (κ1) is 12.8. The van der Waals surface area contributed by atoms with Gasteiger partial charge in [-0.25, -0.2) is 4.39 Å². The standard InChI is InChI=1S/C15H18FNO/c1-3-10-17-15(14-9-8-11(2)18-14)12-6-4-5-7-13(12)16/h4-9,15,17H,3,10H2,1-2H3. The van der Waals surface area contributed by atoms with Gasteiger partial charge in [0.05, 0.1) is 6.04 Å². The molecule has 2 rings (SSSR count). The number of hydrogen-bond acceptors (Lipinski definition) is 2. The lowest BCUT2D eigenvalue weighted by Crippen LogP contribution is -2.23. The minimum absolute atomic E-state index is 0.208. The van der Waals surface area contributed by atoms with Crippen LogP contribution in [0.3, 0.4) is 0 Å². The fourth-order valence-corrected chi connectivity index (χ4v) is 1.97. The fraction of sp³-hybridized carbons (Fsp3) is 0.333. The molecule has 0 aliphatic heterocycles. The normalized spacial score (nSPS) is 12.6. The van der Waals surface area contributed by atoms with Gasteiger partial charge in [0.15, 0.2) is 0 Å². The smallest absolute Gasteiger partial charge is 0.128 e. The molecule has 1 heterocycles. The van der Waals surface area contributed by atoms with Gasteiger partial charge >= 0.3 is 0 Å². The van der Waals surface area contributed by atoms with Crippen LogP contribution in [0, 0.1) is 12.7 Å². The summed E-state index contributed by atoms with van der Waals surface area (Å²) in [6.45, 7) is 4.79. The molecule has 0 fully saturated rings. The summed E-state index contributed by atoms with van der Waals surface area (Å²) in [7, 11) is 0. The van der Waals surface area contributed by atoms with E-state index in [1.54, 1.807) is 12.1 Å². The molecule has 0 radical (unpaired) electrons. The molecule has 1 atom stereocenters. The molecule has 0 saturated carbocycles. The molecule has 0 spiro atoms. The van der Waals surface area contributed by atoms with Crippen molar-refractivity contribution in [1.29, 1.82) is 0 Å². The minimum atomic E-state index is -0.222. The monoisotopic (exact) mass is 247 g/mol. The molecule has 0 saturated heterocycles. The van der Waals surface area contributed by atoms with Crippen LogP contribution in [0.4, 0.5) is 4.39 Å². The molecule has 0 aliphatic carbocycles. The molecule has 96 valence electrons. The molecule has 1 aromatic carbocycles. The van der Waals surface area contributed by atoms with E-state index in [4.69, 9.17) is 4.42 Å². The van der Waals surface area contributed by atoms with Gasteiger partial charge in [-0.2, -0.15) is 0 Å². The zero-order valence-corrected chi connectivity index (χ0v) is 10.7. The Morgan fingerprint density at radius 1 is 1.22 bits per heavy atom. The predicted molar refractivity (Wildman–Crippen MR) is 70.0 cm³/mol. The first-order chi connectivity index (χ1) is 8.72. The first-order valence-corrected chi connectivity index (χ1v) is 6.26. The summed E-state index contributed by atoms with van der Waals surface area (Å²) in [4.78, 5) is 0. The largest absolute Gasteiger partial charge is 0.464 e. The van der Waals surface area contributed by atoms with Crippen LogP contribution in [0.1, 0.15) is 36.5 Å². The van der Waals surface area contributed by atoms with Gasteiger partial charge in [0, 0.05) is 5.56 Å². The van der Waals surface area contributed by atoms with Gasteiger partial charge in [0.1, 0.15) is 17.3 Å². The van der Waals surface area contributed by atoms with Crippen molar-refractivity contribution in [2.24, 2.45) is 0 Å². The third-order valence-corrected chi connectivity index (χ3v) is 2.86. The molecule has 0 amide bonds. The quantitative estimate of drug-likeness (QED) is 0.869. The Morgan fingerprint density at radius 2 is 2.00 bits per heavy atom. The SMILES string of the molecule is CCCNC(c1ccc(C)o1)c1ccccc1F. The van der Waals surface area contributed by atoms with E-state index < -0.39 is 0 Å². The first-order valence-electron chi connectivity index (χ1n) is 6.26. The maximum absolute atomic E-state index is 13.9. The third-order valence-electron chi connectivity index (χ3n) is 2.86. The van der Waals surface area contributed by atoms with E-state index in [0.29, 0.717) is 5.56 Å². The lowest BCUT2D eigenvalue weighted by Gasteiger charge is -2.17. The van der Waals surface area contributed by atoms with E-state index in [2.05, 4.69) is 12.2 Å². The lowest BCUT2D eigenvalue weighted by molar-refractivity contribution is 0.422. The zero-order valence-electron chi connectivity index (χ0n) is 10.7. The Morgan fingerprint density at radius 3 is 2.61 bits per heavy atom. The number of furan rings is 1. The Bertz CT molecular complexity index is 507. The summed E-state index contributed by atoms with van der Waals surface area (Å²) >= 11 is 0. The summed E-state index contributed by atoms with van der Waals surface area (Å²) in [5.74, 6) is 1.39. The van der Waals surface area contributed by atoms with Crippen molar-refractivity contribution >= 4 is 0 Å². The summed E-state index contributed by atoms with van der Waals surface area (Å²) in [6, 6.07) is 10.4. The van der Waals surface area contributed by atoms with Gasteiger partial charge in [-0.1, -0.05) is 25.1 Å². The number of benzene rings is 1. The lowest BCUT2D eigenvalue weighted by atomic mass is 10.0. The second kappa shape index (κ2) is 5.83. The average Bonchev–Trinajstić information content (AvgIpc) is 2.78. The summed E-state index contributed by atoms with van der Waals surface area (Å²) in [6.07, 6.45) is 0.991. The van der Waals surface area contributed by atoms with Gasteiger partial charge < -0.3 is 9.73 Å². The Labute approximate surface area is 107 Å². The Kier molecular flexibility index (Phi) is 4.15. The van der Waals surface area contributed by atoms with E-state index in [1.807, 2.05) is 25.1 Å². The van der Waals surface area contributed by atoms with E-state index in [9.17, 15) is 4.39 Å². The highest BCUT2D eigenvalue weighted by atomic mass is 19.1. The molecular weight excluding hydrogens is 229 g/mol. The molecule has 18 heavy (non-hydrogen) atoms. The summed E-state index contributed by atoms with van der Waals surface area (Å²) in [5.41, 5.74) is 0.625. The molecule has 3 heteroatoms. The highest BCUT2D eigenvalue weighted by Gasteiger charge is 2.19. The van der Waals surface area contributed by atoms with Crippen molar-refractivity contribution in [3.05, 3.63) is 59.3 Å². The maximum atomic E-state index is 13.9. The zero-order chi connectivity index (χ0) is 13.0. The van der Waals surface area contributed by atoms with Crippen LogP contribution in [0.15, 0.2) is 40.8 Å². The predicted octanol–water partition coefficient (Wildman–Crippen LogP) is 3.82. The minimum Gasteiger partial charge on any atom is -0.464 e. The van der Waals surface area contributed by atoms with Gasteiger partial charge in [0.25, 0.3) is 0 Å². The van der Waals surface area contributed by atoms with E-state index in [-0.39, 0.29) is 11.9 Å². The van der Waals surface area contributed by atoms with E-state index in [0.717, 1.165) is 24.5 Å². The van der Waals surface area contributed by atoms with Crippen LogP contribution in [0.2, 0.25) is 0 Å². The van der Waals surface area contributed by atoms with E-state index in [1.165, 1.54) is 6.07 Å². The molecular formula is C15H18FNO. The third kappa shape index (κ3) is 2.79. The van der Waals surface area contributed by atoms with Crippen molar-refractivity contribution in [3.8, 4) is 0 Å². The average molecular weight is 247 g/mol. The van der Waals surface area contributed by atoms with Crippen LogP contribution in [0.5, 0.6) is 0 Å². The van der Waals surface area contributed by atoms with Crippen LogP contribution in [-0.4, -0.2) is 6.54 Å². The van der Waals surface area contributed by atoms with Crippen LogP contribution in [0.25, 0.3) is 0 Å². The summed E-state index contributed by atoms with van der Waals surface area (Å²) < 4.78 is 19.5. The van der Waals surface area contributed by atoms with Crippen LogP contribution >= 0.6 is 0 Å². The molecule has 0 aliphatic rings. The van der Waals surface area contributed by atoms with Gasteiger partial charge in [-0.3, -0.25) is 0 Å². The number of hydrogen-bond donors (Lipinski definition) is 1. The molecule has 2 nitrogen and oxygen atoms in total. The summed E-state index contributed by atoms with van der Waals surface area (Å²) in [5, 5.41) is 3.32. The van der Waals surface area contributed by atoms with Crippen LogP contribution in [-0.2, 0) is 0 Å². The van der Waals surface area contributed by atoms with Crippen molar-refractivity contribution in [2.45, 2.75) is 26.3 Å². The van der Waals surface area contributed by atoms with Crippen molar-refractivity contribution in [1.82, 2.24) is 5.32 Å². The molecule has 1 N–H and O–H groups in total. The number of rotatable bonds is 5. The molecule has 1 aromatic heterocycles. The molecule has 1 unspecified atom stereocenters. The van der Waals surface area contributed by atoms with Gasteiger partial charge in [-0.05, 0) is 38.1 Å². The van der Waals surface area contributed by atoms with Gasteiger partial charge in [-0.15, -0.1) is 0 Å². The number of halogens is 1. The Hall–Kier alpha value is -1.61. The number of aryl methyl sites for hydroxylation is 1.